The Bertz CT molecular complexity index is 767. The van der Waals surface area contributed by atoms with Crippen LogP contribution in [0.2, 0.25) is 0 Å². The van der Waals surface area contributed by atoms with Gasteiger partial charge in [-0.25, -0.2) is 0 Å². The minimum absolute atomic E-state index is 0.105. The fourth-order valence-electron chi connectivity index (χ4n) is 2.88. The molecule has 0 saturated carbocycles. The van der Waals surface area contributed by atoms with Crippen molar-refractivity contribution in [3.63, 3.8) is 0 Å². The van der Waals surface area contributed by atoms with E-state index in [2.05, 4.69) is 10.6 Å². The van der Waals surface area contributed by atoms with Crippen LogP contribution in [0.1, 0.15) is 39.1 Å². The molecule has 2 N–H and O–H groups in total. The predicted molar refractivity (Wildman–Crippen MR) is 96.9 cm³/mol. The maximum Gasteiger partial charge on any atom is 0.255 e. The van der Waals surface area contributed by atoms with Gasteiger partial charge in [0.2, 0.25) is 0 Å². The Hall–Kier alpha value is -2.66. The van der Waals surface area contributed by atoms with Crippen molar-refractivity contribution in [1.29, 1.82) is 0 Å². The molecule has 1 saturated heterocycles. The first-order valence-electron chi connectivity index (χ1n) is 8.50. The van der Waals surface area contributed by atoms with Crippen molar-refractivity contribution in [2.75, 3.05) is 18.5 Å². The van der Waals surface area contributed by atoms with Crippen LogP contribution in [-0.2, 0) is 4.74 Å². The number of hydrogen-bond donors (Lipinski definition) is 2. The Labute approximate surface area is 147 Å². The van der Waals surface area contributed by atoms with Gasteiger partial charge in [-0.05, 0) is 49.6 Å². The molecule has 0 unspecified atom stereocenters. The van der Waals surface area contributed by atoms with Gasteiger partial charge in [-0.2, -0.15) is 0 Å². The maximum atomic E-state index is 12.4. The van der Waals surface area contributed by atoms with Gasteiger partial charge in [-0.15, -0.1) is 0 Å². The number of anilines is 1. The zero-order valence-electron chi connectivity index (χ0n) is 14.2. The summed E-state index contributed by atoms with van der Waals surface area (Å²) >= 11 is 0. The molecule has 2 amide bonds. The van der Waals surface area contributed by atoms with Crippen molar-refractivity contribution >= 4 is 17.5 Å². The molecule has 130 valence electrons. The molecular formula is C20H22N2O3. The average Bonchev–Trinajstić information content (AvgIpc) is 3.14. The summed E-state index contributed by atoms with van der Waals surface area (Å²) in [7, 11) is 0. The lowest BCUT2D eigenvalue weighted by Gasteiger charge is -2.12. The highest BCUT2D eigenvalue weighted by Crippen LogP contribution is 2.15. The third-order valence-electron chi connectivity index (χ3n) is 4.29. The fourth-order valence-corrected chi connectivity index (χ4v) is 2.88. The molecule has 25 heavy (non-hydrogen) atoms. The minimum atomic E-state index is -0.185. The van der Waals surface area contributed by atoms with Crippen molar-refractivity contribution in [3.8, 4) is 0 Å². The van der Waals surface area contributed by atoms with E-state index in [1.165, 1.54) is 0 Å². The Morgan fingerprint density at radius 2 is 1.96 bits per heavy atom. The third kappa shape index (κ3) is 4.45. The minimum Gasteiger partial charge on any atom is -0.376 e. The van der Waals surface area contributed by atoms with Gasteiger partial charge >= 0.3 is 0 Å². The fraction of sp³-hybridized carbons (Fsp3) is 0.300. The molecule has 1 aliphatic heterocycles. The van der Waals surface area contributed by atoms with Gasteiger partial charge in [0, 0.05) is 30.0 Å². The molecular weight excluding hydrogens is 316 g/mol. The van der Waals surface area contributed by atoms with Gasteiger partial charge in [0.25, 0.3) is 11.8 Å². The van der Waals surface area contributed by atoms with Crippen molar-refractivity contribution in [3.05, 3.63) is 65.2 Å². The summed E-state index contributed by atoms with van der Waals surface area (Å²) in [5, 5.41) is 5.73. The van der Waals surface area contributed by atoms with Crippen molar-refractivity contribution in [2.45, 2.75) is 25.9 Å². The van der Waals surface area contributed by atoms with Crippen LogP contribution in [0.5, 0.6) is 0 Å². The molecule has 5 heteroatoms. The number of rotatable bonds is 5. The molecule has 3 rings (SSSR count). The standard InChI is InChI=1S/C20H22N2O3/c1-14-6-2-3-10-18(14)20(24)22-16-8-4-7-15(12-16)19(23)21-13-17-9-5-11-25-17/h2-4,6-8,10,12,17H,5,9,11,13H2,1H3,(H,21,23)(H,22,24)/t17-/m1/s1. The number of benzene rings is 2. The highest BCUT2D eigenvalue weighted by atomic mass is 16.5. The van der Waals surface area contributed by atoms with Gasteiger partial charge in [0.1, 0.15) is 0 Å². The highest BCUT2D eigenvalue weighted by molar-refractivity contribution is 6.06. The number of ether oxygens (including phenoxy) is 1. The second-order valence-electron chi connectivity index (χ2n) is 6.19. The second-order valence-corrected chi connectivity index (χ2v) is 6.19. The molecule has 5 nitrogen and oxygen atoms in total. The van der Waals surface area contributed by atoms with Crippen molar-refractivity contribution in [2.24, 2.45) is 0 Å². The molecule has 0 aliphatic carbocycles. The maximum absolute atomic E-state index is 12.4. The van der Waals surface area contributed by atoms with Crippen LogP contribution in [0.4, 0.5) is 5.69 Å². The third-order valence-corrected chi connectivity index (χ3v) is 4.29. The monoisotopic (exact) mass is 338 g/mol. The number of carbonyl (C=O) groups excluding carboxylic acids is 2. The summed E-state index contributed by atoms with van der Waals surface area (Å²) in [6, 6.07) is 14.3. The molecule has 0 aromatic heterocycles. The predicted octanol–water partition coefficient (Wildman–Crippen LogP) is 3.16. The number of amides is 2. The van der Waals surface area contributed by atoms with Crippen LogP contribution in [0.3, 0.4) is 0 Å². The normalized spacial score (nSPS) is 16.4. The lowest BCUT2D eigenvalue weighted by atomic mass is 10.1. The lowest BCUT2D eigenvalue weighted by Crippen LogP contribution is -2.31. The van der Waals surface area contributed by atoms with Gasteiger partial charge in [-0.3, -0.25) is 9.59 Å². The summed E-state index contributed by atoms with van der Waals surface area (Å²) in [6.45, 7) is 3.17. The van der Waals surface area contributed by atoms with Gasteiger partial charge in [0.05, 0.1) is 6.10 Å². The zero-order chi connectivity index (χ0) is 17.6. The van der Waals surface area contributed by atoms with E-state index in [4.69, 9.17) is 4.74 Å². The molecule has 2 aromatic rings. The Morgan fingerprint density at radius 1 is 1.12 bits per heavy atom. The zero-order valence-corrected chi connectivity index (χ0v) is 14.2. The molecule has 0 spiro atoms. The van der Waals surface area contributed by atoms with Crippen LogP contribution < -0.4 is 10.6 Å². The first kappa shape index (κ1) is 17.2. The quantitative estimate of drug-likeness (QED) is 0.880. The van der Waals surface area contributed by atoms with Gasteiger partial charge in [-0.1, -0.05) is 24.3 Å². The summed E-state index contributed by atoms with van der Waals surface area (Å²) in [5.74, 6) is -0.350. The summed E-state index contributed by atoms with van der Waals surface area (Å²) in [6.07, 6.45) is 2.13. The second kappa shape index (κ2) is 7.94. The molecule has 0 radical (unpaired) electrons. The lowest BCUT2D eigenvalue weighted by molar-refractivity contribution is 0.0857. The average molecular weight is 338 g/mol. The Morgan fingerprint density at radius 3 is 2.72 bits per heavy atom. The van der Waals surface area contributed by atoms with Gasteiger partial charge < -0.3 is 15.4 Å². The smallest absolute Gasteiger partial charge is 0.255 e. The van der Waals surface area contributed by atoms with E-state index in [9.17, 15) is 9.59 Å². The molecule has 1 heterocycles. The number of nitrogens with one attached hydrogen (secondary N) is 2. The first-order chi connectivity index (χ1) is 12.1. The topological polar surface area (TPSA) is 67.4 Å². The van der Waals surface area contributed by atoms with Gasteiger partial charge in [0.15, 0.2) is 0 Å². The largest absolute Gasteiger partial charge is 0.376 e. The Balaban J connectivity index is 1.63. The molecule has 1 aliphatic rings. The molecule has 0 bridgehead atoms. The number of aryl methyl sites for hydroxylation is 1. The van der Waals surface area contributed by atoms with E-state index in [0.717, 1.165) is 25.0 Å². The van der Waals surface area contributed by atoms with Crippen molar-refractivity contribution in [1.82, 2.24) is 5.32 Å². The summed E-state index contributed by atoms with van der Waals surface area (Å²) in [4.78, 5) is 24.7. The van der Waals surface area contributed by atoms with E-state index >= 15 is 0 Å². The van der Waals surface area contributed by atoms with Crippen LogP contribution in [0.25, 0.3) is 0 Å². The van der Waals surface area contributed by atoms with E-state index in [0.29, 0.717) is 23.4 Å². The van der Waals surface area contributed by atoms with E-state index in [-0.39, 0.29) is 17.9 Å². The molecule has 2 aromatic carbocycles. The SMILES string of the molecule is Cc1ccccc1C(=O)Nc1cccc(C(=O)NC[C@H]2CCCO2)c1. The van der Waals surface area contributed by atoms with E-state index in [1.807, 2.05) is 25.1 Å². The number of hydrogen-bond acceptors (Lipinski definition) is 3. The van der Waals surface area contributed by atoms with E-state index < -0.39 is 0 Å². The highest BCUT2D eigenvalue weighted by Gasteiger charge is 2.17. The summed E-state index contributed by atoms with van der Waals surface area (Å²) < 4.78 is 5.50. The molecule has 1 fully saturated rings. The first-order valence-corrected chi connectivity index (χ1v) is 8.50. The molecule has 1 atom stereocenters. The van der Waals surface area contributed by atoms with Crippen LogP contribution in [-0.4, -0.2) is 31.1 Å². The van der Waals surface area contributed by atoms with Crippen LogP contribution in [0.15, 0.2) is 48.5 Å². The van der Waals surface area contributed by atoms with Crippen LogP contribution in [0, 0.1) is 6.92 Å². The van der Waals surface area contributed by atoms with Crippen molar-refractivity contribution < 1.29 is 14.3 Å². The van der Waals surface area contributed by atoms with E-state index in [1.54, 1.807) is 30.3 Å². The Kier molecular flexibility index (Phi) is 5.46. The summed E-state index contributed by atoms with van der Waals surface area (Å²) in [5.41, 5.74) is 2.64. The van der Waals surface area contributed by atoms with Crippen LogP contribution >= 0.6 is 0 Å². The number of carbonyl (C=O) groups is 2.